The summed E-state index contributed by atoms with van der Waals surface area (Å²) in [7, 11) is 1.53. The first kappa shape index (κ1) is 16.2. The number of nitrogens with two attached hydrogens (primary N) is 1. The quantitative estimate of drug-likeness (QED) is 0.802. The highest BCUT2D eigenvalue weighted by Gasteiger charge is 2.71. The largest absolute Gasteiger partial charge is 0.480 e. The standard InChI is InChI=1S/C15H26N2O4/c1-5-10(12(18)19)17(4)13(20)15(16)9-7-6-8-21-11(9)14(15,2)3/h9-11H,5-8,16H2,1-4H3,(H,18,19). The lowest BCUT2D eigenvalue weighted by Crippen LogP contribution is -2.82. The van der Waals surface area contributed by atoms with Gasteiger partial charge in [0.15, 0.2) is 0 Å². The van der Waals surface area contributed by atoms with Crippen LogP contribution in [-0.4, -0.2) is 53.2 Å². The van der Waals surface area contributed by atoms with Gasteiger partial charge in [0.1, 0.15) is 11.6 Å². The van der Waals surface area contributed by atoms with Crippen molar-refractivity contribution in [2.75, 3.05) is 13.7 Å². The van der Waals surface area contributed by atoms with E-state index in [0.717, 1.165) is 12.8 Å². The normalized spacial score (nSPS) is 35.3. The van der Waals surface area contributed by atoms with Crippen molar-refractivity contribution in [1.29, 1.82) is 0 Å². The van der Waals surface area contributed by atoms with Gasteiger partial charge in [-0.3, -0.25) is 4.79 Å². The molecule has 2 aliphatic rings. The number of aliphatic carboxylic acids is 1. The van der Waals surface area contributed by atoms with E-state index in [-0.39, 0.29) is 17.9 Å². The Morgan fingerprint density at radius 1 is 1.48 bits per heavy atom. The summed E-state index contributed by atoms with van der Waals surface area (Å²) in [5, 5.41) is 9.25. The number of carboxylic acid groups (broad SMARTS) is 1. The molecule has 2 fully saturated rings. The number of fused-ring (bicyclic) bond motifs is 1. The lowest BCUT2D eigenvalue weighted by molar-refractivity contribution is -0.230. The third-order valence-corrected chi connectivity index (χ3v) is 5.50. The van der Waals surface area contributed by atoms with Crippen molar-refractivity contribution >= 4 is 11.9 Å². The third-order valence-electron chi connectivity index (χ3n) is 5.50. The van der Waals surface area contributed by atoms with Crippen LogP contribution in [0.25, 0.3) is 0 Å². The molecule has 1 aliphatic heterocycles. The Hall–Kier alpha value is -1.14. The fraction of sp³-hybridized carbons (Fsp3) is 0.867. The van der Waals surface area contributed by atoms with Crippen molar-refractivity contribution < 1.29 is 19.4 Å². The Kier molecular flexibility index (Phi) is 4.06. The molecule has 1 amide bonds. The molecule has 6 nitrogen and oxygen atoms in total. The van der Waals surface area contributed by atoms with Crippen LogP contribution in [0.4, 0.5) is 0 Å². The number of carboxylic acids is 1. The molecule has 6 heteroatoms. The Balaban J connectivity index is 2.26. The van der Waals surface area contributed by atoms with Crippen molar-refractivity contribution in [1.82, 2.24) is 4.90 Å². The molecular weight excluding hydrogens is 272 g/mol. The summed E-state index contributed by atoms with van der Waals surface area (Å²) in [5.41, 5.74) is 4.98. The summed E-state index contributed by atoms with van der Waals surface area (Å²) in [5.74, 6) is -1.30. The van der Waals surface area contributed by atoms with E-state index in [9.17, 15) is 14.7 Å². The minimum Gasteiger partial charge on any atom is -0.480 e. The SMILES string of the molecule is CCC(C(=O)O)N(C)C(=O)C1(N)C2CCCOC2C1(C)C. The smallest absolute Gasteiger partial charge is 0.326 e. The molecule has 0 aromatic rings. The maximum absolute atomic E-state index is 12.9. The zero-order valence-corrected chi connectivity index (χ0v) is 13.3. The highest BCUT2D eigenvalue weighted by molar-refractivity contribution is 5.92. The van der Waals surface area contributed by atoms with Crippen molar-refractivity contribution in [3.8, 4) is 0 Å². The molecule has 4 unspecified atom stereocenters. The number of rotatable bonds is 4. The van der Waals surface area contributed by atoms with Crippen molar-refractivity contribution in [3.05, 3.63) is 0 Å². The Labute approximate surface area is 125 Å². The van der Waals surface area contributed by atoms with Gasteiger partial charge in [-0.15, -0.1) is 0 Å². The molecule has 0 aromatic heterocycles. The predicted molar refractivity (Wildman–Crippen MR) is 77.6 cm³/mol. The molecule has 0 aromatic carbocycles. The highest BCUT2D eigenvalue weighted by Crippen LogP contribution is 2.58. The van der Waals surface area contributed by atoms with Gasteiger partial charge in [0.05, 0.1) is 6.10 Å². The number of likely N-dealkylation sites (N-methyl/N-ethyl adjacent to an activating group) is 1. The predicted octanol–water partition coefficient (Wildman–Crippen LogP) is 0.841. The van der Waals surface area contributed by atoms with Crippen LogP contribution in [0.15, 0.2) is 0 Å². The first-order chi connectivity index (χ1) is 9.69. The molecule has 1 saturated heterocycles. The molecule has 0 radical (unpaired) electrons. The Bertz CT molecular complexity index is 451. The van der Waals surface area contributed by atoms with Crippen LogP contribution in [0.5, 0.6) is 0 Å². The minimum absolute atomic E-state index is 0.0153. The molecule has 21 heavy (non-hydrogen) atoms. The van der Waals surface area contributed by atoms with Crippen LogP contribution in [0.2, 0.25) is 0 Å². The second kappa shape index (κ2) is 5.25. The van der Waals surface area contributed by atoms with E-state index in [0.29, 0.717) is 13.0 Å². The second-order valence-corrected chi connectivity index (χ2v) is 6.81. The molecule has 120 valence electrons. The molecule has 1 saturated carbocycles. The van der Waals surface area contributed by atoms with Gasteiger partial charge in [0, 0.05) is 25.0 Å². The number of hydrogen-bond donors (Lipinski definition) is 2. The fourth-order valence-electron chi connectivity index (χ4n) is 4.06. The van der Waals surface area contributed by atoms with Crippen molar-refractivity contribution in [2.24, 2.45) is 17.1 Å². The van der Waals surface area contributed by atoms with E-state index in [2.05, 4.69) is 0 Å². The van der Waals surface area contributed by atoms with Gasteiger partial charge in [-0.2, -0.15) is 0 Å². The van der Waals surface area contributed by atoms with Gasteiger partial charge < -0.3 is 20.5 Å². The minimum atomic E-state index is -1.05. The Morgan fingerprint density at radius 3 is 2.62 bits per heavy atom. The summed E-state index contributed by atoms with van der Waals surface area (Å²) < 4.78 is 5.78. The van der Waals surface area contributed by atoms with Gasteiger partial charge in [-0.1, -0.05) is 20.8 Å². The van der Waals surface area contributed by atoms with Crippen LogP contribution in [-0.2, 0) is 14.3 Å². The summed E-state index contributed by atoms with van der Waals surface area (Å²) in [6, 6.07) is -0.836. The van der Waals surface area contributed by atoms with Gasteiger partial charge in [0.2, 0.25) is 5.91 Å². The molecule has 0 bridgehead atoms. The first-order valence-electron chi connectivity index (χ1n) is 7.60. The van der Waals surface area contributed by atoms with Crippen LogP contribution < -0.4 is 5.73 Å². The first-order valence-corrected chi connectivity index (χ1v) is 7.60. The third kappa shape index (κ3) is 2.07. The number of carbonyl (C=O) groups excluding carboxylic acids is 1. The van der Waals surface area contributed by atoms with E-state index >= 15 is 0 Å². The van der Waals surface area contributed by atoms with E-state index in [1.807, 2.05) is 13.8 Å². The van der Waals surface area contributed by atoms with Crippen LogP contribution in [0, 0.1) is 11.3 Å². The van der Waals surface area contributed by atoms with Crippen LogP contribution in [0.1, 0.15) is 40.0 Å². The average molecular weight is 298 g/mol. The molecule has 0 spiro atoms. The van der Waals surface area contributed by atoms with Gasteiger partial charge in [-0.05, 0) is 19.3 Å². The van der Waals surface area contributed by atoms with E-state index < -0.39 is 23.0 Å². The topological polar surface area (TPSA) is 92.9 Å². The second-order valence-electron chi connectivity index (χ2n) is 6.81. The highest BCUT2D eigenvalue weighted by atomic mass is 16.5. The van der Waals surface area contributed by atoms with Gasteiger partial charge in [-0.25, -0.2) is 4.79 Å². The summed E-state index contributed by atoms with van der Waals surface area (Å²) >= 11 is 0. The monoisotopic (exact) mass is 298 g/mol. The van der Waals surface area contributed by atoms with E-state index in [1.165, 1.54) is 11.9 Å². The van der Waals surface area contributed by atoms with Crippen molar-refractivity contribution in [2.45, 2.75) is 57.7 Å². The summed E-state index contributed by atoms with van der Waals surface area (Å²) in [6.45, 7) is 6.33. The maximum atomic E-state index is 12.9. The molecular formula is C15H26N2O4. The molecule has 1 aliphatic carbocycles. The van der Waals surface area contributed by atoms with E-state index in [1.54, 1.807) is 6.92 Å². The number of nitrogens with zero attached hydrogens (tertiary/aromatic N) is 1. The molecule has 3 N–H and O–H groups in total. The maximum Gasteiger partial charge on any atom is 0.326 e. The van der Waals surface area contributed by atoms with Crippen LogP contribution in [0.3, 0.4) is 0 Å². The van der Waals surface area contributed by atoms with Crippen molar-refractivity contribution in [3.63, 3.8) is 0 Å². The van der Waals surface area contributed by atoms with Gasteiger partial charge in [0.25, 0.3) is 0 Å². The number of carbonyl (C=O) groups is 2. The lowest BCUT2D eigenvalue weighted by atomic mass is 9.46. The zero-order valence-electron chi connectivity index (χ0n) is 13.3. The van der Waals surface area contributed by atoms with Crippen LogP contribution >= 0.6 is 0 Å². The number of hydrogen-bond acceptors (Lipinski definition) is 4. The Morgan fingerprint density at radius 2 is 2.10 bits per heavy atom. The van der Waals surface area contributed by atoms with Gasteiger partial charge >= 0.3 is 5.97 Å². The average Bonchev–Trinajstić information content (AvgIpc) is 2.45. The fourth-order valence-corrected chi connectivity index (χ4v) is 4.06. The zero-order chi connectivity index (χ0) is 16.0. The number of ether oxygens (including phenoxy) is 1. The van der Waals surface area contributed by atoms with E-state index in [4.69, 9.17) is 10.5 Å². The molecule has 4 atom stereocenters. The lowest BCUT2D eigenvalue weighted by Gasteiger charge is -2.65. The number of amides is 1. The molecule has 1 heterocycles. The molecule has 2 rings (SSSR count). The summed E-state index contributed by atoms with van der Waals surface area (Å²) in [6.07, 6.45) is 2.09. The summed E-state index contributed by atoms with van der Waals surface area (Å²) in [4.78, 5) is 25.5.